The number of carbonyl (C=O) groups excluding carboxylic acids is 2. The molecule has 1 aromatic heterocycles. The van der Waals surface area contributed by atoms with Crippen molar-refractivity contribution >= 4 is 28.3 Å². The number of nitrogens with one attached hydrogen (secondary N) is 2. The number of likely N-dealkylation sites (tertiary alicyclic amines) is 1. The summed E-state index contributed by atoms with van der Waals surface area (Å²) in [5.41, 5.74) is 0.674. The summed E-state index contributed by atoms with van der Waals surface area (Å²) in [7, 11) is 3.04. The number of amides is 2. The van der Waals surface area contributed by atoms with Crippen LogP contribution in [0.15, 0.2) is 23.6 Å². The van der Waals surface area contributed by atoms with Crippen molar-refractivity contribution in [2.45, 2.75) is 12.8 Å². The van der Waals surface area contributed by atoms with Crippen molar-refractivity contribution < 1.29 is 19.1 Å². The molecule has 0 aliphatic carbocycles. The van der Waals surface area contributed by atoms with E-state index >= 15 is 0 Å². The number of rotatable bonds is 8. The molecule has 150 valence electrons. The number of hydrogen-bond donors (Lipinski definition) is 2. The van der Waals surface area contributed by atoms with Crippen molar-refractivity contribution in [2.24, 2.45) is 0 Å². The number of ether oxygens (including phenoxy) is 2. The van der Waals surface area contributed by atoms with Gasteiger partial charge in [-0.2, -0.15) is 0 Å². The summed E-state index contributed by atoms with van der Waals surface area (Å²) in [5, 5.41) is 7.57. The highest BCUT2D eigenvalue weighted by Gasteiger charge is 2.16. The van der Waals surface area contributed by atoms with Crippen LogP contribution in [0, 0.1) is 0 Å². The maximum Gasteiger partial charge on any atom is 0.270 e. The van der Waals surface area contributed by atoms with E-state index in [1.165, 1.54) is 38.4 Å². The normalized spacial score (nSPS) is 13.9. The Hall–Kier alpha value is -2.65. The predicted octanol–water partition coefficient (Wildman–Crippen LogP) is 2.24. The summed E-state index contributed by atoms with van der Waals surface area (Å²) in [6.07, 6.45) is 2.45. The van der Waals surface area contributed by atoms with Gasteiger partial charge in [-0.05, 0) is 38.1 Å². The number of anilines is 1. The van der Waals surface area contributed by atoms with Crippen LogP contribution >= 0.6 is 11.3 Å². The van der Waals surface area contributed by atoms with E-state index in [0.29, 0.717) is 34.4 Å². The van der Waals surface area contributed by atoms with E-state index in [1.54, 1.807) is 23.6 Å². The van der Waals surface area contributed by atoms with Gasteiger partial charge in [0.05, 0.1) is 14.2 Å². The Morgan fingerprint density at radius 1 is 1.11 bits per heavy atom. The van der Waals surface area contributed by atoms with E-state index in [-0.39, 0.29) is 11.8 Å². The van der Waals surface area contributed by atoms with Crippen molar-refractivity contribution in [1.82, 2.24) is 15.2 Å². The molecule has 2 amide bonds. The Morgan fingerprint density at radius 3 is 2.43 bits per heavy atom. The number of methoxy groups -OCH3 is 2. The van der Waals surface area contributed by atoms with Gasteiger partial charge in [0.15, 0.2) is 5.13 Å². The van der Waals surface area contributed by atoms with Crippen LogP contribution in [-0.4, -0.2) is 62.1 Å². The second-order valence-electron chi connectivity index (χ2n) is 6.40. The number of nitrogens with zero attached hydrogens (tertiary/aromatic N) is 2. The fraction of sp³-hybridized carbons (Fsp3) is 0.421. The van der Waals surface area contributed by atoms with Gasteiger partial charge in [-0.15, -0.1) is 11.3 Å². The molecule has 0 spiro atoms. The van der Waals surface area contributed by atoms with Gasteiger partial charge in [0.25, 0.3) is 11.8 Å². The lowest BCUT2D eigenvalue weighted by atomic mass is 10.2. The molecule has 3 rings (SSSR count). The summed E-state index contributed by atoms with van der Waals surface area (Å²) in [4.78, 5) is 31.2. The zero-order chi connectivity index (χ0) is 19.9. The molecule has 0 unspecified atom stereocenters. The van der Waals surface area contributed by atoms with Crippen LogP contribution in [-0.2, 0) is 0 Å². The van der Waals surface area contributed by atoms with Gasteiger partial charge >= 0.3 is 0 Å². The highest BCUT2D eigenvalue weighted by Crippen LogP contribution is 2.24. The van der Waals surface area contributed by atoms with Crippen molar-refractivity contribution in [3.05, 3.63) is 34.8 Å². The lowest BCUT2D eigenvalue weighted by Gasteiger charge is -2.14. The molecule has 0 radical (unpaired) electrons. The summed E-state index contributed by atoms with van der Waals surface area (Å²) in [5.74, 6) is 0.440. The molecule has 9 heteroatoms. The standard InChI is InChI=1S/C19H24N4O4S/c1-26-14-9-13(10-15(11-14)27-2)17(24)22-19-21-16(12-28-19)18(25)20-5-8-23-6-3-4-7-23/h9-12H,3-8H2,1-2H3,(H,20,25)(H,21,22,24). The summed E-state index contributed by atoms with van der Waals surface area (Å²) in [6, 6.07) is 4.90. The zero-order valence-corrected chi connectivity index (χ0v) is 16.8. The van der Waals surface area contributed by atoms with E-state index in [9.17, 15) is 9.59 Å². The van der Waals surface area contributed by atoms with Crippen LogP contribution < -0.4 is 20.1 Å². The van der Waals surface area contributed by atoms with Crippen molar-refractivity contribution in [3.63, 3.8) is 0 Å². The van der Waals surface area contributed by atoms with Gasteiger partial charge in [-0.25, -0.2) is 4.98 Å². The van der Waals surface area contributed by atoms with Crippen LogP contribution in [0.2, 0.25) is 0 Å². The molecule has 0 saturated carbocycles. The van der Waals surface area contributed by atoms with E-state index in [1.807, 2.05) is 0 Å². The van der Waals surface area contributed by atoms with Crippen molar-refractivity contribution in [3.8, 4) is 11.5 Å². The van der Waals surface area contributed by atoms with Crippen molar-refractivity contribution in [2.75, 3.05) is 45.7 Å². The number of benzene rings is 1. The number of carbonyl (C=O) groups is 2. The topological polar surface area (TPSA) is 92.8 Å². The first-order valence-corrected chi connectivity index (χ1v) is 9.97. The number of thiazole rings is 1. The SMILES string of the molecule is COc1cc(OC)cc(C(=O)Nc2nc(C(=O)NCCN3CCCC3)cs2)c1. The quantitative estimate of drug-likeness (QED) is 0.701. The first-order valence-electron chi connectivity index (χ1n) is 9.09. The molecule has 0 bridgehead atoms. The third-order valence-electron chi connectivity index (χ3n) is 4.48. The van der Waals surface area contributed by atoms with Gasteiger partial charge in [-0.3, -0.25) is 14.9 Å². The summed E-state index contributed by atoms with van der Waals surface area (Å²) >= 11 is 1.20. The molecular weight excluding hydrogens is 380 g/mol. The number of hydrogen-bond acceptors (Lipinski definition) is 7. The molecule has 1 aromatic carbocycles. The highest BCUT2D eigenvalue weighted by atomic mass is 32.1. The second-order valence-corrected chi connectivity index (χ2v) is 7.26. The van der Waals surface area contributed by atoms with Crippen LogP contribution in [0.3, 0.4) is 0 Å². The fourth-order valence-corrected chi connectivity index (χ4v) is 3.65. The maximum atomic E-state index is 12.5. The second kappa shape index (κ2) is 9.52. The zero-order valence-electron chi connectivity index (χ0n) is 16.0. The fourth-order valence-electron chi connectivity index (χ4n) is 2.97. The molecule has 8 nitrogen and oxygen atoms in total. The van der Waals surface area contributed by atoms with Gasteiger partial charge in [0, 0.05) is 30.1 Å². The van der Waals surface area contributed by atoms with E-state index in [4.69, 9.17) is 9.47 Å². The Morgan fingerprint density at radius 2 is 1.79 bits per heavy atom. The van der Waals surface area contributed by atoms with Gasteiger partial charge in [-0.1, -0.05) is 0 Å². The lowest BCUT2D eigenvalue weighted by molar-refractivity contribution is 0.0944. The number of aromatic nitrogens is 1. The first kappa shape index (κ1) is 20.1. The Labute approximate surface area is 167 Å². The first-order chi connectivity index (χ1) is 13.6. The summed E-state index contributed by atoms with van der Waals surface area (Å²) < 4.78 is 10.4. The minimum Gasteiger partial charge on any atom is -0.497 e. The van der Waals surface area contributed by atoms with Crippen LogP contribution in [0.4, 0.5) is 5.13 Å². The molecule has 1 fully saturated rings. The average molecular weight is 404 g/mol. The molecule has 0 atom stereocenters. The predicted molar refractivity (Wildman–Crippen MR) is 108 cm³/mol. The molecule has 28 heavy (non-hydrogen) atoms. The average Bonchev–Trinajstić information content (AvgIpc) is 3.39. The molecule has 1 aliphatic rings. The van der Waals surface area contributed by atoms with Crippen LogP contribution in [0.25, 0.3) is 0 Å². The van der Waals surface area contributed by atoms with Gasteiger partial charge in [0.1, 0.15) is 17.2 Å². The largest absolute Gasteiger partial charge is 0.497 e. The van der Waals surface area contributed by atoms with E-state index < -0.39 is 0 Å². The van der Waals surface area contributed by atoms with Gasteiger partial charge in [0.2, 0.25) is 0 Å². The highest BCUT2D eigenvalue weighted by molar-refractivity contribution is 7.14. The summed E-state index contributed by atoms with van der Waals surface area (Å²) in [6.45, 7) is 3.62. The smallest absolute Gasteiger partial charge is 0.270 e. The molecular formula is C19H24N4O4S. The maximum absolute atomic E-state index is 12.5. The van der Waals surface area contributed by atoms with Crippen LogP contribution in [0.5, 0.6) is 11.5 Å². The minimum absolute atomic E-state index is 0.237. The molecule has 1 saturated heterocycles. The third kappa shape index (κ3) is 5.20. The Bertz CT molecular complexity index is 811. The minimum atomic E-state index is -0.354. The molecule has 2 heterocycles. The Kier molecular flexibility index (Phi) is 6.83. The van der Waals surface area contributed by atoms with Crippen molar-refractivity contribution in [1.29, 1.82) is 0 Å². The van der Waals surface area contributed by atoms with Gasteiger partial charge < -0.3 is 19.7 Å². The Balaban J connectivity index is 1.56. The molecule has 2 aromatic rings. The monoisotopic (exact) mass is 404 g/mol. The van der Waals surface area contributed by atoms with E-state index in [2.05, 4.69) is 20.5 Å². The molecule has 2 N–H and O–H groups in total. The lowest BCUT2D eigenvalue weighted by Crippen LogP contribution is -2.33. The van der Waals surface area contributed by atoms with E-state index in [0.717, 1.165) is 19.6 Å². The van der Waals surface area contributed by atoms with Crippen LogP contribution in [0.1, 0.15) is 33.7 Å². The third-order valence-corrected chi connectivity index (χ3v) is 5.24. The molecule has 1 aliphatic heterocycles.